The van der Waals surface area contributed by atoms with Gasteiger partial charge in [0.15, 0.2) is 0 Å². The van der Waals surface area contributed by atoms with Gasteiger partial charge in [0.2, 0.25) is 0 Å². The van der Waals surface area contributed by atoms with Crippen LogP contribution in [0.2, 0.25) is 0 Å². The topological polar surface area (TPSA) is 27.8 Å². The zero-order chi connectivity index (χ0) is 10.3. The van der Waals surface area contributed by atoms with E-state index in [0.29, 0.717) is 0 Å². The molecule has 1 aromatic heterocycles. The molecule has 0 amide bonds. The van der Waals surface area contributed by atoms with Gasteiger partial charge in [0, 0.05) is 29.2 Å². The Morgan fingerprint density at radius 3 is 3.00 bits per heavy atom. The molecule has 1 aromatic carbocycles. The second kappa shape index (κ2) is 3.38. The van der Waals surface area contributed by atoms with Crippen molar-refractivity contribution in [2.45, 2.75) is 32.4 Å². The summed E-state index contributed by atoms with van der Waals surface area (Å²) in [6, 6.07) is 9.45. The van der Waals surface area contributed by atoms with E-state index < -0.39 is 0 Å². The monoisotopic (exact) mass is 200 g/mol. The molecule has 1 aliphatic rings. The Hall–Kier alpha value is -1.28. The number of fused-ring (bicyclic) bond motifs is 1. The number of benzene rings is 1. The lowest BCUT2D eigenvalue weighted by molar-refractivity contribution is 0.678. The van der Waals surface area contributed by atoms with E-state index >= 15 is 0 Å². The first-order valence-electron chi connectivity index (χ1n) is 5.63. The number of rotatable bonds is 3. The van der Waals surface area contributed by atoms with Gasteiger partial charge >= 0.3 is 0 Å². The summed E-state index contributed by atoms with van der Waals surface area (Å²) in [4.78, 5) is 3.46. The van der Waals surface area contributed by atoms with Gasteiger partial charge in [-0.25, -0.2) is 0 Å². The summed E-state index contributed by atoms with van der Waals surface area (Å²) in [5.74, 6) is 0. The fraction of sp³-hybridized carbons (Fsp3) is 0.385. The van der Waals surface area contributed by atoms with Crippen molar-refractivity contribution < 1.29 is 0 Å². The third-order valence-electron chi connectivity index (χ3n) is 3.10. The molecule has 0 saturated heterocycles. The minimum Gasteiger partial charge on any atom is -0.357 e. The number of aromatic nitrogens is 1. The van der Waals surface area contributed by atoms with Gasteiger partial charge in [0.05, 0.1) is 0 Å². The van der Waals surface area contributed by atoms with Gasteiger partial charge in [-0.05, 0) is 37.5 Å². The highest BCUT2D eigenvalue weighted by molar-refractivity contribution is 5.83. The Balaban J connectivity index is 1.88. The first kappa shape index (κ1) is 8.98. The predicted octanol–water partition coefficient (Wildman–Crippen LogP) is 2.73. The maximum Gasteiger partial charge on any atom is 0.0459 e. The van der Waals surface area contributed by atoms with Crippen molar-refractivity contribution in [1.29, 1.82) is 0 Å². The first-order chi connectivity index (χ1) is 7.33. The standard InChI is InChI=1S/C13H16N2/c1-9-3-2-4-13-12(9)7-11(15-13)8-14-10-5-6-10/h2-4,7,10,14-15H,5-6,8H2,1H3. The fourth-order valence-electron chi connectivity index (χ4n) is 2.00. The van der Waals surface area contributed by atoms with Crippen molar-refractivity contribution in [2.75, 3.05) is 0 Å². The van der Waals surface area contributed by atoms with E-state index in [9.17, 15) is 0 Å². The van der Waals surface area contributed by atoms with E-state index in [0.717, 1.165) is 12.6 Å². The summed E-state index contributed by atoms with van der Waals surface area (Å²) in [7, 11) is 0. The van der Waals surface area contributed by atoms with Crippen molar-refractivity contribution in [1.82, 2.24) is 10.3 Å². The van der Waals surface area contributed by atoms with Crippen LogP contribution >= 0.6 is 0 Å². The Labute approximate surface area is 89.7 Å². The van der Waals surface area contributed by atoms with Crippen LogP contribution < -0.4 is 5.32 Å². The van der Waals surface area contributed by atoms with Gasteiger partial charge in [-0.1, -0.05) is 12.1 Å². The lowest BCUT2D eigenvalue weighted by atomic mass is 10.1. The second-order valence-corrected chi connectivity index (χ2v) is 4.49. The molecule has 15 heavy (non-hydrogen) atoms. The van der Waals surface area contributed by atoms with Crippen LogP contribution in [0.3, 0.4) is 0 Å². The quantitative estimate of drug-likeness (QED) is 0.783. The van der Waals surface area contributed by atoms with Gasteiger partial charge < -0.3 is 10.3 Å². The third-order valence-corrected chi connectivity index (χ3v) is 3.10. The molecule has 0 radical (unpaired) electrons. The van der Waals surface area contributed by atoms with Gasteiger partial charge in [0.1, 0.15) is 0 Å². The maximum atomic E-state index is 3.52. The van der Waals surface area contributed by atoms with E-state index in [-0.39, 0.29) is 0 Å². The number of aryl methyl sites for hydroxylation is 1. The van der Waals surface area contributed by atoms with Crippen LogP contribution in [0.4, 0.5) is 0 Å². The fourth-order valence-corrected chi connectivity index (χ4v) is 2.00. The highest BCUT2D eigenvalue weighted by Gasteiger charge is 2.20. The van der Waals surface area contributed by atoms with Gasteiger partial charge in [-0.2, -0.15) is 0 Å². The molecule has 2 nitrogen and oxygen atoms in total. The number of nitrogens with one attached hydrogen (secondary N) is 2. The van der Waals surface area contributed by atoms with E-state index in [1.165, 1.54) is 35.0 Å². The van der Waals surface area contributed by atoms with Crippen LogP contribution in [0.25, 0.3) is 10.9 Å². The summed E-state index contributed by atoms with van der Waals surface area (Å²) < 4.78 is 0. The van der Waals surface area contributed by atoms with E-state index in [4.69, 9.17) is 0 Å². The lowest BCUT2D eigenvalue weighted by Gasteiger charge is -1.98. The normalized spacial score (nSPS) is 16.1. The highest BCUT2D eigenvalue weighted by atomic mass is 15.0. The van der Waals surface area contributed by atoms with E-state index in [1.54, 1.807) is 0 Å². The van der Waals surface area contributed by atoms with Crippen molar-refractivity contribution in [3.8, 4) is 0 Å². The molecule has 1 aliphatic carbocycles. The number of aromatic amines is 1. The largest absolute Gasteiger partial charge is 0.357 e. The predicted molar refractivity (Wildman–Crippen MR) is 62.9 cm³/mol. The molecule has 2 aromatic rings. The van der Waals surface area contributed by atoms with Gasteiger partial charge in [0.25, 0.3) is 0 Å². The molecule has 3 rings (SSSR count). The van der Waals surface area contributed by atoms with Crippen molar-refractivity contribution in [3.05, 3.63) is 35.5 Å². The minimum atomic E-state index is 0.775. The van der Waals surface area contributed by atoms with Crippen LogP contribution in [0.1, 0.15) is 24.1 Å². The van der Waals surface area contributed by atoms with Crippen molar-refractivity contribution in [3.63, 3.8) is 0 Å². The summed E-state index contributed by atoms with van der Waals surface area (Å²) in [5, 5.41) is 4.87. The summed E-state index contributed by atoms with van der Waals surface area (Å²) in [5.41, 5.74) is 3.90. The van der Waals surface area contributed by atoms with Gasteiger partial charge in [-0.3, -0.25) is 0 Å². The molecule has 0 atom stereocenters. The Kier molecular flexibility index (Phi) is 2.03. The van der Waals surface area contributed by atoms with Crippen LogP contribution in [0.15, 0.2) is 24.3 Å². The van der Waals surface area contributed by atoms with Crippen LogP contribution in [-0.2, 0) is 6.54 Å². The summed E-state index contributed by atoms with van der Waals surface area (Å²) in [6.45, 7) is 3.13. The molecule has 0 unspecified atom stereocenters. The zero-order valence-electron chi connectivity index (χ0n) is 9.01. The smallest absolute Gasteiger partial charge is 0.0459 e. The zero-order valence-corrected chi connectivity index (χ0v) is 9.01. The first-order valence-corrected chi connectivity index (χ1v) is 5.63. The van der Waals surface area contributed by atoms with Crippen molar-refractivity contribution >= 4 is 10.9 Å². The number of hydrogen-bond donors (Lipinski definition) is 2. The second-order valence-electron chi connectivity index (χ2n) is 4.49. The molecular formula is C13H16N2. The molecule has 2 heteroatoms. The maximum absolute atomic E-state index is 3.52. The molecule has 2 N–H and O–H groups in total. The molecule has 1 heterocycles. The Morgan fingerprint density at radius 2 is 2.27 bits per heavy atom. The summed E-state index contributed by atoms with van der Waals surface area (Å²) in [6.07, 6.45) is 2.69. The van der Waals surface area contributed by atoms with E-state index in [2.05, 4.69) is 41.5 Å². The third kappa shape index (κ3) is 1.77. The van der Waals surface area contributed by atoms with Crippen LogP contribution in [0.5, 0.6) is 0 Å². The molecule has 0 aliphatic heterocycles. The van der Waals surface area contributed by atoms with Gasteiger partial charge in [-0.15, -0.1) is 0 Å². The molecule has 1 fully saturated rings. The Morgan fingerprint density at radius 1 is 1.40 bits per heavy atom. The average Bonchev–Trinajstić information content (AvgIpc) is 2.95. The lowest BCUT2D eigenvalue weighted by Crippen LogP contribution is -2.15. The summed E-state index contributed by atoms with van der Waals surface area (Å²) >= 11 is 0. The molecule has 78 valence electrons. The minimum absolute atomic E-state index is 0.775. The van der Waals surface area contributed by atoms with Crippen LogP contribution in [0, 0.1) is 6.92 Å². The average molecular weight is 200 g/mol. The Bertz CT molecular complexity index is 480. The number of hydrogen-bond acceptors (Lipinski definition) is 1. The van der Waals surface area contributed by atoms with Crippen molar-refractivity contribution in [2.24, 2.45) is 0 Å². The molecular weight excluding hydrogens is 184 g/mol. The molecule has 0 bridgehead atoms. The highest BCUT2D eigenvalue weighted by Crippen LogP contribution is 2.21. The van der Waals surface area contributed by atoms with E-state index in [1.807, 2.05) is 0 Å². The molecule has 0 spiro atoms. The number of H-pyrrole nitrogens is 1. The SMILES string of the molecule is Cc1cccc2[nH]c(CNC3CC3)cc12. The molecule has 1 saturated carbocycles. The van der Waals surface area contributed by atoms with Crippen LogP contribution in [-0.4, -0.2) is 11.0 Å².